The molecule has 0 saturated heterocycles. The fourth-order valence-electron chi connectivity index (χ4n) is 6.37. The molecular weight excluding hydrogens is 597 g/mol. The highest BCUT2D eigenvalue weighted by Crippen LogP contribution is 2.29. The van der Waals surface area contributed by atoms with Crippen molar-refractivity contribution >= 4 is 33.1 Å². The van der Waals surface area contributed by atoms with Gasteiger partial charge in [0, 0.05) is 19.3 Å². The van der Waals surface area contributed by atoms with E-state index in [0.29, 0.717) is 25.0 Å². The second kappa shape index (κ2) is 18.5. The van der Waals surface area contributed by atoms with Gasteiger partial charge in [0.2, 0.25) is 0 Å². The predicted molar refractivity (Wildman–Crippen MR) is 210 cm³/mol. The van der Waals surface area contributed by atoms with E-state index >= 15 is 0 Å². The second-order valence-corrected chi connectivity index (χ2v) is 13.2. The summed E-state index contributed by atoms with van der Waals surface area (Å²) in [5.74, 6) is 0.926. The van der Waals surface area contributed by atoms with Crippen LogP contribution in [-0.2, 0) is 16.0 Å². The Bertz CT molecular complexity index is 1970. The summed E-state index contributed by atoms with van der Waals surface area (Å²) >= 11 is 0. The van der Waals surface area contributed by atoms with Gasteiger partial charge in [0.15, 0.2) is 5.78 Å². The van der Waals surface area contributed by atoms with E-state index in [9.17, 15) is 9.59 Å². The van der Waals surface area contributed by atoms with Crippen LogP contribution in [-0.4, -0.2) is 11.6 Å². The molecule has 0 amide bonds. The van der Waals surface area contributed by atoms with E-state index < -0.39 is 0 Å². The van der Waals surface area contributed by atoms with Gasteiger partial charge in [-0.2, -0.15) is 0 Å². The number of rotatable bonds is 10. The van der Waals surface area contributed by atoms with E-state index in [1.165, 1.54) is 61.0 Å². The molecule has 2 nitrogen and oxygen atoms in total. The van der Waals surface area contributed by atoms with Gasteiger partial charge in [-0.1, -0.05) is 171 Å². The normalized spacial score (nSPS) is 11.8. The van der Waals surface area contributed by atoms with Crippen LogP contribution in [0.3, 0.4) is 0 Å². The Hall–Kier alpha value is -5.08. The van der Waals surface area contributed by atoms with E-state index in [-0.39, 0.29) is 17.6 Å². The summed E-state index contributed by atoms with van der Waals surface area (Å²) < 4.78 is 0. The van der Waals surface area contributed by atoms with Crippen molar-refractivity contribution in [2.24, 2.45) is 0 Å². The highest BCUT2D eigenvalue weighted by molar-refractivity contribution is 5.91. The highest BCUT2D eigenvalue weighted by Gasteiger charge is 2.14. The number of benzene rings is 6. The van der Waals surface area contributed by atoms with Crippen LogP contribution in [0, 0.1) is 20.8 Å². The lowest BCUT2D eigenvalue weighted by atomic mass is 9.90. The van der Waals surface area contributed by atoms with Gasteiger partial charge in [-0.15, -0.1) is 0 Å². The molecule has 0 radical (unpaired) electrons. The molecule has 6 aromatic rings. The maximum Gasteiger partial charge on any atom is 0.155 e. The number of hydrogen-bond donors (Lipinski definition) is 0. The van der Waals surface area contributed by atoms with Crippen LogP contribution in [0.5, 0.6) is 0 Å². The summed E-state index contributed by atoms with van der Waals surface area (Å²) in [5.41, 5.74) is 7.69. The minimum Gasteiger partial charge on any atom is -0.300 e. The molecule has 0 heterocycles. The van der Waals surface area contributed by atoms with Crippen molar-refractivity contribution in [3.05, 3.63) is 179 Å². The minimum absolute atomic E-state index is 0.102. The Balaban J connectivity index is 0.000000187. The molecule has 6 rings (SSSR count). The Morgan fingerprint density at radius 3 is 1.51 bits per heavy atom. The lowest BCUT2D eigenvalue weighted by Crippen LogP contribution is -2.06. The van der Waals surface area contributed by atoms with Crippen molar-refractivity contribution in [2.45, 2.75) is 72.1 Å². The van der Waals surface area contributed by atoms with Crippen molar-refractivity contribution < 1.29 is 9.59 Å². The minimum atomic E-state index is 0.102. The molecule has 0 saturated carbocycles. The largest absolute Gasteiger partial charge is 0.300 e. The molecule has 2 atom stereocenters. The van der Waals surface area contributed by atoms with Gasteiger partial charge in [-0.05, 0) is 83.3 Å². The lowest BCUT2D eigenvalue weighted by molar-refractivity contribution is -0.119. The SMILES string of the molecule is C=CC(=O)CC(C)c1cccc2ccccc12.Cc1cccc(C)c1.Cc1cccc(CCC(=O)CC(C)c2cccc3ccccc23)c1. The molecule has 250 valence electrons. The van der Waals surface area contributed by atoms with Gasteiger partial charge in [0.1, 0.15) is 5.78 Å². The molecule has 6 aromatic carbocycles. The van der Waals surface area contributed by atoms with Gasteiger partial charge in [0.25, 0.3) is 0 Å². The third-order valence-corrected chi connectivity index (χ3v) is 8.93. The Labute approximate surface area is 293 Å². The first-order valence-corrected chi connectivity index (χ1v) is 17.4. The van der Waals surface area contributed by atoms with Crippen LogP contribution in [0.4, 0.5) is 0 Å². The van der Waals surface area contributed by atoms with Crippen LogP contribution < -0.4 is 0 Å². The van der Waals surface area contributed by atoms with Crippen LogP contribution in [0.1, 0.15) is 78.3 Å². The highest BCUT2D eigenvalue weighted by atomic mass is 16.1. The lowest BCUT2D eigenvalue weighted by Gasteiger charge is -2.14. The van der Waals surface area contributed by atoms with Crippen molar-refractivity contribution in [1.82, 2.24) is 0 Å². The molecule has 0 aliphatic rings. The van der Waals surface area contributed by atoms with E-state index in [0.717, 1.165) is 6.42 Å². The Morgan fingerprint density at radius 1 is 0.571 bits per heavy atom. The Morgan fingerprint density at radius 2 is 1.02 bits per heavy atom. The maximum absolute atomic E-state index is 12.4. The second-order valence-electron chi connectivity index (χ2n) is 13.2. The molecule has 2 unspecified atom stereocenters. The quantitative estimate of drug-likeness (QED) is 0.139. The van der Waals surface area contributed by atoms with Gasteiger partial charge in [-0.3, -0.25) is 9.59 Å². The molecule has 2 heteroatoms. The summed E-state index contributed by atoms with van der Waals surface area (Å²) in [4.78, 5) is 23.8. The summed E-state index contributed by atoms with van der Waals surface area (Å²) in [6.07, 6.45) is 4.00. The van der Waals surface area contributed by atoms with E-state index in [4.69, 9.17) is 0 Å². The molecule has 49 heavy (non-hydrogen) atoms. The summed E-state index contributed by atoms with van der Waals surface area (Å²) in [6, 6.07) is 46.2. The van der Waals surface area contributed by atoms with Crippen molar-refractivity contribution in [3.8, 4) is 0 Å². The van der Waals surface area contributed by atoms with Crippen LogP contribution in [0.2, 0.25) is 0 Å². The Kier molecular flexibility index (Phi) is 13.8. The first-order valence-electron chi connectivity index (χ1n) is 17.4. The number of carbonyl (C=O) groups excluding carboxylic acids is 2. The number of allylic oxidation sites excluding steroid dienone is 1. The molecule has 0 fully saturated rings. The topological polar surface area (TPSA) is 34.1 Å². The van der Waals surface area contributed by atoms with Crippen LogP contribution in [0.15, 0.2) is 146 Å². The average Bonchev–Trinajstić information content (AvgIpc) is 3.10. The number of fused-ring (bicyclic) bond motifs is 2. The molecule has 0 bridgehead atoms. The van der Waals surface area contributed by atoms with Gasteiger partial charge >= 0.3 is 0 Å². The fourth-order valence-corrected chi connectivity index (χ4v) is 6.37. The van der Waals surface area contributed by atoms with Crippen molar-refractivity contribution in [1.29, 1.82) is 0 Å². The number of carbonyl (C=O) groups is 2. The predicted octanol–water partition coefficient (Wildman–Crippen LogP) is 12.2. The van der Waals surface area contributed by atoms with Gasteiger partial charge < -0.3 is 0 Å². The first kappa shape index (κ1) is 36.8. The number of aryl methyl sites for hydroxylation is 4. The molecule has 0 aliphatic heterocycles. The summed E-state index contributed by atoms with van der Waals surface area (Å²) in [5, 5.41) is 4.97. The molecule has 0 spiro atoms. The van der Waals surface area contributed by atoms with E-state index in [1.54, 1.807) is 0 Å². The molecule has 0 aromatic heterocycles. The smallest absolute Gasteiger partial charge is 0.155 e. The van der Waals surface area contributed by atoms with Crippen LogP contribution >= 0.6 is 0 Å². The van der Waals surface area contributed by atoms with E-state index in [2.05, 4.69) is 156 Å². The zero-order valence-electron chi connectivity index (χ0n) is 29.8. The molecule has 0 aliphatic carbocycles. The molecular formula is C47H50O2. The van der Waals surface area contributed by atoms with Crippen LogP contribution in [0.25, 0.3) is 21.5 Å². The number of ketones is 2. The fraction of sp³-hybridized carbons (Fsp3) is 0.234. The third kappa shape index (κ3) is 11.3. The maximum atomic E-state index is 12.4. The first-order chi connectivity index (χ1) is 23.6. The summed E-state index contributed by atoms with van der Waals surface area (Å²) in [6.45, 7) is 14.1. The number of hydrogen-bond acceptors (Lipinski definition) is 2. The number of Topliss-reactive ketones (excluding diaryl/α,β-unsaturated/α-hetero) is 1. The summed E-state index contributed by atoms with van der Waals surface area (Å²) in [7, 11) is 0. The zero-order chi connectivity index (χ0) is 35.2. The van der Waals surface area contributed by atoms with Crippen molar-refractivity contribution in [2.75, 3.05) is 0 Å². The molecule has 0 N–H and O–H groups in total. The zero-order valence-corrected chi connectivity index (χ0v) is 29.8. The van der Waals surface area contributed by atoms with Gasteiger partial charge in [0.05, 0.1) is 0 Å². The van der Waals surface area contributed by atoms with Gasteiger partial charge in [-0.25, -0.2) is 0 Å². The van der Waals surface area contributed by atoms with E-state index in [1.807, 2.05) is 18.2 Å². The van der Waals surface area contributed by atoms with Crippen molar-refractivity contribution in [3.63, 3.8) is 0 Å². The monoisotopic (exact) mass is 646 g/mol. The standard InChI is InChI=1S/C23H24O.C16H16O.C8H10/c1-17-7-5-8-19(15-17)13-14-21(24)16-18(2)22-12-6-10-20-9-3-4-11-23(20)22;1-3-14(17)11-12(2)15-10-6-8-13-7-4-5-9-16(13)15;1-7-4-3-5-8(2)6-7/h3-12,15,18H,13-14,16H2,1-2H3;3-10,12H,1,11H2,2H3;3-6H,1-2H3. The third-order valence-electron chi connectivity index (χ3n) is 8.93. The average molecular weight is 647 g/mol.